The zero-order chi connectivity index (χ0) is 13.7. The fourth-order valence-corrected chi connectivity index (χ4v) is 4.44. The van der Waals surface area contributed by atoms with Gasteiger partial charge in [0.25, 0.3) is 0 Å². The molecule has 0 aromatic carbocycles. The number of nitrogens with one attached hydrogen (secondary N) is 1. The Morgan fingerprint density at radius 2 is 2.20 bits per heavy atom. The summed E-state index contributed by atoms with van der Waals surface area (Å²) in [7, 11) is 0. The van der Waals surface area contributed by atoms with Crippen LogP contribution in [0, 0.1) is 11.8 Å². The summed E-state index contributed by atoms with van der Waals surface area (Å²) in [6, 6.07) is 0. The van der Waals surface area contributed by atoms with Crippen LogP contribution in [0.15, 0.2) is 0 Å². The van der Waals surface area contributed by atoms with Crippen LogP contribution in [0.2, 0.25) is 0 Å². The van der Waals surface area contributed by atoms with E-state index in [2.05, 4.69) is 9.88 Å². The van der Waals surface area contributed by atoms with Gasteiger partial charge < -0.3 is 15.0 Å². The topological polar surface area (TPSA) is 56.3 Å². The maximum absolute atomic E-state index is 12.9. The lowest BCUT2D eigenvalue weighted by Gasteiger charge is -2.40. The van der Waals surface area contributed by atoms with Gasteiger partial charge in [-0.15, -0.1) is 0 Å². The van der Waals surface area contributed by atoms with E-state index >= 15 is 0 Å². The molecular weight excluding hydrogens is 252 g/mol. The normalized spacial score (nSPS) is 29.1. The second-order valence-corrected chi connectivity index (χ2v) is 6.54. The Kier molecular flexibility index (Phi) is 2.97. The fourth-order valence-electron chi connectivity index (χ4n) is 4.44. The average molecular weight is 274 g/mol. The molecule has 4 nitrogen and oxygen atoms in total. The largest absolute Gasteiger partial charge is 0.395 e. The van der Waals surface area contributed by atoms with Crippen molar-refractivity contribution in [1.82, 2.24) is 9.88 Å². The number of carbonyl (C=O) groups excluding carboxylic acids is 1. The van der Waals surface area contributed by atoms with E-state index in [-0.39, 0.29) is 12.5 Å². The zero-order valence-corrected chi connectivity index (χ0v) is 11.8. The predicted octanol–water partition coefficient (Wildman–Crippen LogP) is 1.17. The molecular formula is C16H22N2O2. The number of aliphatic hydroxyl groups excluding tert-OH is 1. The number of hydrogen-bond acceptors (Lipinski definition) is 3. The van der Waals surface area contributed by atoms with Gasteiger partial charge >= 0.3 is 0 Å². The second kappa shape index (κ2) is 4.71. The molecule has 2 atom stereocenters. The maximum Gasteiger partial charge on any atom is 0.169 e. The first-order valence-electron chi connectivity index (χ1n) is 7.88. The number of carbonyl (C=O) groups is 1. The van der Waals surface area contributed by atoms with E-state index in [1.165, 1.54) is 23.4 Å². The third-order valence-corrected chi connectivity index (χ3v) is 5.43. The van der Waals surface area contributed by atoms with Crippen molar-refractivity contribution in [3.63, 3.8) is 0 Å². The van der Waals surface area contributed by atoms with Gasteiger partial charge in [0.05, 0.1) is 6.61 Å². The van der Waals surface area contributed by atoms with Crippen molar-refractivity contribution in [2.24, 2.45) is 11.8 Å². The first-order valence-corrected chi connectivity index (χ1v) is 7.88. The number of likely N-dealkylation sites (tertiary alicyclic amines) is 1. The molecule has 0 radical (unpaired) electrons. The van der Waals surface area contributed by atoms with Crippen molar-refractivity contribution < 1.29 is 9.90 Å². The van der Waals surface area contributed by atoms with E-state index in [1.807, 2.05) is 0 Å². The molecule has 4 rings (SSSR count). The van der Waals surface area contributed by atoms with Gasteiger partial charge in [0.1, 0.15) is 0 Å². The summed E-state index contributed by atoms with van der Waals surface area (Å²) >= 11 is 0. The Bertz CT molecular complexity index is 549. The van der Waals surface area contributed by atoms with Gasteiger partial charge in [-0.2, -0.15) is 0 Å². The summed E-state index contributed by atoms with van der Waals surface area (Å²) in [6.45, 7) is 2.75. The van der Waals surface area contributed by atoms with Gasteiger partial charge in [-0.05, 0) is 50.1 Å². The van der Waals surface area contributed by atoms with Gasteiger partial charge in [0, 0.05) is 36.0 Å². The second-order valence-electron chi connectivity index (χ2n) is 6.54. The SMILES string of the molecule is O=C1c2c([nH]c3c2CCC3)C[C@@H]2CCN(CCO)C[C@@H]12. The minimum atomic E-state index is 0.156. The van der Waals surface area contributed by atoms with Gasteiger partial charge in [-0.25, -0.2) is 0 Å². The van der Waals surface area contributed by atoms with Crippen molar-refractivity contribution in [3.8, 4) is 0 Å². The molecule has 1 saturated heterocycles. The van der Waals surface area contributed by atoms with Crippen LogP contribution in [-0.2, 0) is 19.3 Å². The lowest BCUT2D eigenvalue weighted by atomic mass is 9.72. The van der Waals surface area contributed by atoms with Gasteiger partial charge in [0.2, 0.25) is 0 Å². The predicted molar refractivity (Wildman–Crippen MR) is 76.0 cm³/mol. The highest BCUT2D eigenvalue weighted by Crippen LogP contribution is 2.39. The fraction of sp³-hybridized carbons (Fsp3) is 0.688. The van der Waals surface area contributed by atoms with E-state index in [1.54, 1.807) is 0 Å². The number of H-pyrrole nitrogens is 1. The van der Waals surface area contributed by atoms with E-state index in [0.717, 1.165) is 44.3 Å². The Hall–Kier alpha value is -1.13. The number of rotatable bonds is 2. The molecule has 2 aliphatic carbocycles. The van der Waals surface area contributed by atoms with Crippen molar-refractivity contribution in [3.05, 3.63) is 22.5 Å². The van der Waals surface area contributed by atoms with Gasteiger partial charge in [-0.3, -0.25) is 4.79 Å². The van der Waals surface area contributed by atoms with Crippen LogP contribution < -0.4 is 0 Å². The molecule has 0 spiro atoms. The minimum absolute atomic E-state index is 0.156. The quantitative estimate of drug-likeness (QED) is 0.851. The third kappa shape index (κ3) is 1.78. The summed E-state index contributed by atoms with van der Waals surface area (Å²) in [5.41, 5.74) is 4.91. The Morgan fingerprint density at radius 1 is 1.30 bits per heavy atom. The molecule has 1 fully saturated rings. The first-order chi connectivity index (χ1) is 9.78. The van der Waals surface area contributed by atoms with E-state index in [0.29, 0.717) is 18.2 Å². The number of aliphatic hydroxyl groups is 1. The lowest BCUT2D eigenvalue weighted by Crippen LogP contribution is -2.47. The molecule has 2 heterocycles. The number of Topliss-reactive ketones (excluding diaryl/α,β-unsaturated/α-hetero) is 1. The van der Waals surface area contributed by atoms with Crippen LogP contribution in [0.5, 0.6) is 0 Å². The maximum atomic E-state index is 12.9. The third-order valence-electron chi connectivity index (χ3n) is 5.43. The summed E-state index contributed by atoms with van der Waals surface area (Å²) < 4.78 is 0. The van der Waals surface area contributed by atoms with Crippen LogP contribution in [-0.4, -0.2) is 47.0 Å². The number of aromatic nitrogens is 1. The van der Waals surface area contributed by atoms with Gasteiger partial charge in [-0.1, -0.05) is 0 Å². The molecule has 20 heavy (non-hydrogen) atoms. The molecule has 1 aromatic rings. The molecule has 0 amide bonds. The number of fused-ring (bicyclic) bond motifs is 4. The van der Waals surface area contributed by atoms with Crippen LogP contribution >= 0.6 is 0 Å². The molecule has 1 aromatic heterocycles. The molecule has 4 heteroatoms. The first kappa shape index (κ1) is 12.6. The zero-order valence-electron chi connectivity index (χ0n) is 11.8. The van der Waals surface area contributed by atoms with Crippen LogP contribution in [0.1, 0.15) is 40.2 Å². The smallest absolute Gasteiger partial charge is 0.169 e. The number of β-amino-alcohol motifs (C(OH)–C–C–N with tert-alkyl or cyclic N) is 1. The Labute approximate surface area is 119 Å². The standard InChI is InChI=1S/C16H22N2O2/c19-7-6-18-5-4-10-8-14-15(16(20)12(10)9-18)11-2-1-3-13(11)17-14/h10,12,17,19H,1-9H2/t10-,12+/m0/s1. The van der Waals surface area contributed by atoms with Gasteiger partial charge in [0.15, 0.2) is 5.78 Å². The highest BCUT2D eigenvalue weighted by molar-refractivity contribution is 6.02. The molecule has 3 aliphatic rings. The highest BCUT2D eigenvalue weighted by Gasteiger charge is 2.42. The number of aryl methyl sites for hydroxylation is 1. The Balaban J connectivity index is 1.65. The van der Waals surface area contributed by atoms with E-state index in [9.17, 15) is 4.79 Å². The molecule has 1 aliphatic heterocycles. The van der Waals surface area contributed by atoms with Crippen LogP contribution in [0.25, 0.3) is 0 Å². The number of nitrogens with zero attached hydrogens (tertiary/aromatic N) is 1. The summed E-state index contributed by atoms with van der Waals surface area (Å²) in [5, 5.41) is 9.10. The molecule has 2 N–H and O–H groups in total. The van der Waals surface area contributed by atoms with Crippen molar-refractivity contribution in [2.75, 3.05) is 26.2 Å². The molecule has 0 bridgehead atoms. The summed E-state index contributed by atoms with van der Waals surface area (Å²) in [4.78, 5) is 18.7. The van der Waals surface area contributed by atoms with Crippen molar-refractivity contribution >= 4 is 5.78 Å². The number of piperidine rings is 1. The highest BCUT2D eigenvalue weighted by atomic mass is 16.3. The van der Waals surface area contributed by atoms with E-state index in [4.69, 9.17) is 5.11 Å². The Morgan fingerprint density at radius 3 is 3.05 bits per heavy atom. The monoisotopic (exact) mass is 274 g/mol. The molecule has 108 valence electrons. The minimum Gasteiger partial charge on any atom is -0.395 e. The number of ketones is 1. The lowest BCUT2D eigenvalue weighted by molar-refractivity contribution is 0.0619. The molecule has 0 saturated carbocycles. The van der Waals surface area contributed by atoms with Crippen LogP contribution in [0.4, 0.5) is 0 Å². The molecule has 0 unspecified atom stereocenters. The number of hydrogen-bond donors (Lipinski definition) is 2. The summed E-state index contributed by atoms with van der Waals surface area (Å²) in [5.74, 6) is 1.03. The van der Waals surface area contributed by atoms with Crippen LogP contribution in [0.3, 0.4) is 0 Å². The average Bonchev–Trinajstić information content (AvgIpc) is 3.00. The van der Waals surface area contributed by atoms with E-state index < -0.39 is 0 Å². The number of aromatic amines is 1. The van der Waals surface area contributed by atoms with Crippen molar-refractivity contribution in [2.45, 2.75) is 32.1 Å². The summed E-state index contributed by atoms with van der Waals surface area (Å²) in [6.07, 6.45) is 5.50. The van der Waals surface area contributed by atoms with Crippen molar-refractivity contribution in [1.29, 1.82) is 0 Å².